The van der Waals surface area contributed by atoms with Crippen LogP contribution < -0.4 is 5.32 Å². The molecule has 2 aliphatic rings. The molecule has 3 nitrogen and oxygen atoms in total. The first kappa shape index (κ1) is 11.4. The molecule has 1 saturated heterocycles. The van der Waals surface area contributed by atoms with E-state index in [1.54, 1.807) is 0 Å². The molecule has 3 unspecified atom stereocenters. The van der Waals surface area contributed by atoms with Gasteiger partial charge in [-0.1, -0.05) is 0 Å². The fraction of sp³-hybridized carbons (Fsp3) is 1.00. The van der Waals surface area contributed by atoms with E-state index in [4.69, 9.17) is 4.74 Å². The highest BCUT2D eigenvalue weighted by molar-refractivity contribution is 4.89. The van der Waals surface area contributed by atoms with Crippen LogP contribution in [0.4, 0.5) is 0 Å². The topological polar surface area (TPSA) is 24.5 Å². The van der Waals surface area contributed by atoms with E-state index in [9.17, 15) is 0 Å². The minimum absolute atomic E-state index is 0.545. The summed E-state index contributed by atoms with van der Waals surface area (Å²) in [4.78, 5) is 2.65. The number of hydrogen-bond acceptors (Lipinski definition) is 3. The first-order valence-corrected chi connectivity index (χ1v) is 6.34. The molecule has 1 aliphatic carbocycles. The highest BCUT2D eigenvalue weighted by atomic mass is 16.5. The van der Waals surface area contributed by atoms with E-state index in [2.05, 4.69) is 17.1 Å². The lowest BCUT2D eigenvalue weighted by atomic mass is 10.1. The Morgan fingerprint density at radius 3 is 3.13 bits per heavy atom. The lowest BCUT2D eigenvalue weighted by molar-refractivity contribution is -0.0562. The van der Waals surface area contributed by atoms with Gasteiger partial charge in [-0.3, -0.25) is 4.90 Å². The van der Waals surface area contributed by atoms with E-state index in [1.165, 1.54) is 32.2 Å². The molecule has 3 heteroatoms. The van der Waals surface area contributed by atoms with Crippen LogP contribution in [0.2, 0.25) is 0 Å². The third-order valence-corrected chi connectivity index (χ3v) is 3.94. The molecule has 0 aromatic rings. The van der Waals surface area contributed by atoms with Crippen molar-refractivity contribution in [3.05, 3.63) is 0 Å². The van der Waals surface area contributed by atoms with Gasteiger partial charge in [0.05, 0.1) is 12.7 Å². The number of nitrogens with zero attached hydrogens (tertiary/aromatic N) is 1. The van der Waals surface area contributed by atoms with Crippen LogP contribution in [0.15, 0.2) is 0 Å². The number of fused-ring (bicyclic) bond motifs is 1. The van der Waals surface area contributed by atoms with Crippen LogP contribution in [-0.2, 0) is 4.74 Å². The minimum atomic E-state index is 0.545. The molecule has 15 heavy (non-hydrogen) atoms. The zero-order valence-electron chi connectivity index (χ0n) is 10.0. The van der Waals surface area contributed by atoms with Crippen LogP contribution in [0.5, 0.6) is 0 Å². The summed E-state index contributed by atoms with van der Waals surface area (Å²) in [5, 5.41) is 3.31. The standard InChI is InChI=1S/C12H24N2O/c1-10(13-2)6-7-14-8-9-15-12-5-3-4-11(12)14/h10-13H,3-9H2,1-2H3. The summed E-state index contributed by atoms with van der Waals surface area (Å²) in [6.07, 6.45) is 5.78. The predicted molar refractivity (Wildman–Crippen MR) is 62.1 cm³/mol. The molecule has 88 valence electrons. The SMILES string of the molecule is CNC(C)CCN1CCOC2CCCC21. The zero-order valence-corrected chi connectivity index (χ0v) is 10.0. The quantitative estimate of drug-likeness (QED) is 0.759. The van der Waals surface area contributed by atoms with E-state index in [-0.39, 0.29) is 0 Å². The first-order chi connectivity index (χ1) is 7.31. The Kier molecular flexibility index (Phi) is 4.00. The Bertz CT molecular complexity index is 198. The van der Waals surface area contributed by atoms with E-state index in [1.807, 2.05) is 7.05 Å². The predicted octanol–water partition coefficient (Wildman–Crippen LogP) is 1.24. The molecule has 1 heterocycles. The summed E-state index contributed by atoms with van der Waals surface area (Å²) >= 11 is 0. The second kappa shape index (κ2) is 5.28. The van der Waals surface area contributed by atoms with Crippen molar-refractivity contribution in [2.24, 2.45) is 0 Å². The van der Waals surface area contributed by atoms with Crippen LogP contribution >= 0.6 is 0 Å². The molecule has 3 atom stereocenters. The van der Waals surface area contributed by atoms with Gasteiger partial charge in [0, 0.05) is 25.2 Å². The molecule has 2 fully saturated rings. The Hall–Kier alpha value is -0.120. The van der Waals surface area contributed by atoms with Crippen molar-refractivity contribution in [2.45, 2.75) is 50.8 Å². The van der Waals surface area contributed by atoms with Crippen molar-refractivity contribution in [1.82, 2.24) is 10.2 Å². The number of morpholine rings is 1. The number of nitrogens with one attached hydrogen (secondary N) is 1. The summed E-state index contributed by atoms with van der Waals surface area (Å²) in [7, 11) is 2.04. The number of rotatable bonds is 4. The summed E-state index contributed by atoms with van der Waals surface area (Å²) in [5.41, 5.74) is 0. The van der Waals surface area contributed by atoms with E-state index in [0.29, 0.717) is 12.1 Å². The Morgan fingerprint density at radius 2 is 2.33 bits per heavy atom. The van der Waals surface area contributed by atoms with Gasteiger partial charge in [0.25, 0.3) is 0 Å². The largest absolute Gasteiger partial charge is 0.375 e. The fourth-order valence-electron chi connectivity index (χ4n) is 2.79. The third-order valence-electron chi connectivity index (χ3n) is 3.94. The van der Waals surface area contributed by atoms with Gasteiger partial charge < -0.3 is 10.1 Å². The van der Waals surface area contributed by atoms with Crippen LogP contribution in [0, 0.1) is 0 Å². The first-order valence-electron chi connectivity index (χ1n) is 6.34. The molecule has 1 saturated carbocycles. The normalized spacial score (nSPS) is 34.0. The van der Waals surface area contributed by atoms with Crippen molar-refractivity contribution in [3.63, 3.8) is 0 Å². The molecular formula is C12H24N2O. The summed E-state index contributed by atoms with van der Waals surface area (Å²) < 4.78 is 5.81. The Morgan fingerprint density at radius 1 is 1.47 bits per heavy atom. The van der Waals surface area contributed by atoms with Gasteiger partial charge in [-0.15, -0.1) is 0 Å². The smallest absolute Gasteiger partial charge is 0.0730 e. The highest BCUT2D eigenvalue weighted by Gasteiger charge is 2.35. The summed E-state index contributed by atoms with van der Waals surface area (Å²) in [6, 6.07) is 1.36. The monoisotopic (exact) mass is 212 g/mol. The van der Waals surface area contributed by atoms with Crippen LogP contribution in [0.3, 0.4) is 0 Å². The maximum atomic E-state index is 5.81. The van der Waals surface area contributed by atoms with Gasteiger partial charge in [0.15, 0.2) is 0 Å². The molecule has 0 aromatic heterocycles. The van der Waals surface area contributed by atoms with E-state index in [0.717, 1.165) is 19.2 Å². The maximum Gasteiger partial charge on any atom is 0.0730 e. The molecule has 1 N–H and O–H groups in total. The lowest BCUT2D eigenvalue weighted by Crippen LogP contribution is -2.49. The van der Waals surface area contributed by atoms with Crippen molar-refractivity contribution in [3.8, 4) is 0 Å². The Balaban J connectivity index is 1.80. The van der Waals surface area contributed by atoms with Crippen LogP contribution in [0.25, 0.3) is 0 Å². The molecule has 1 aliphatic heterocycles. The van der Waals surface area contributed by atoms with Gasteiger partial charge in [-0.05, 0) is 39.7 Å². The lowest BCUT2D eigenvalue weighted by Gasteiger charge is -2.38. The molecule has 0 spiro atoms. The second-order valence-corrected chi connectivity index (χ2v) is 4.92. The molecule has 0 aromatic carbocycles. The average Bonchev–Trinajstić information content (AvgIpc) is 2.74. The van der Waals surface area contributed by atoms with E-state index < -0.39 is 0 Å². The maximum absolute atomic E-state index is 5.81. The minimum Gasteiger partial charge on any atom is -0.375 e. The molecule has 0 radical (unpaired) electrons. The van der Waals surface area contributed by atoms with Crippen molar-refractivity contribution in [2.75, 3.05) is 26.7 Å². The third kappa shape index (κ3) is 2.71. The van der Waals surface area contributed by atoms with Crippen molar-refractivity contribution < 1.29 is 4.74 Å². The molecule has 0 amide bonds. The van der Waals surface area contributed by atoms with E-state index >= 15 is 0 Å². The fourth-order valence-corrected chi connectivity index (χ4v) is 2.79. The van der Waals surface area contributed by atoms with Gasteiger partial charge >= 0.3 is 0 Å². The molecule has 2 rings (SSSR count). The van der Waals surface area contributed by atoms with Gasteiger partial charge in [-0.2, -0.15) is 0 Å². The zero-order chi connectivity index (χ0) is 10.7. The summed E-state index contributed by atoms with van der Waals surface area (Å²) in [6.45, 7) is 5.56. The Labute approximate surface area is 93.2 Å². The van der Waals surface area contributed by atoms with Crippen LogP contribution in [0.1, 0.15) is 32.6 Å². The van der Waals surface area contributed by atoms with Gasteiger partial charge in [0.1, 0.15) is 0 Å². The van der Waals surface area contributed by atoms with Crippen molar-refractivity contribution in [1.29, 1.82) is 0 Å². The van der Waals surface area contributed by atoms with Gasteiger partial charge in [0.2, 0.25) is 0 Å². The molecule has 0 bridgehead atoms. The van der Waals surface area contributed by atoms with Crippen molar-refractivity contribution >= 4 is 0 Å². The molecular weight excluding hydrogens is 188 g/mol. The number of hydrogen-bond donors (Lipinski definition) is 1. The highest BCUT2D eigenvalue weighted by Crippen LogP contribution is 2.29. The average molecular weight is 212 g/mol. The number of ether oxygens (including phenoxy) is 1. The summed E-state index contributed by atoms with van der Waals surface area (Å²) in [5.74, 6) is 0. The van der Waals surface area contributed by atoms with Gasteiger partial charge in [-0.25, -0.2) is 0 Å². The second-order valence-electron chi connectivity index (χ2n) is 4.92. The van der Waals surface area contributed by atoms with Crippen LogP contribution in [-0.4, -0.2) is 49.8 Å².